The molecule has 1 aromatic rings. The molecule has 1 rings (SSSR count). The lowest BCUT2D eigenvalue weighted by atomic mass is 10.1. The zero-order valence-corrected chi connectivity index (χ0v) is 8.45. The van der Waals surface area contributed by atoms with E-state index in [1.165, 1.54) is 19.4 Å². The van der Waals surface area contributed by atoms with Crippen LogP contribution < -0.4 is 5.73 Å². The van der Waals surface area contributed by atoms with Crippen LogP contribution >= 0.6 is 0 Å². The summed E-state index contributed by atoms with van der Waals surface area (Å²) >= 11 is 0. The zero-order valence-electron chi connectivity index (χ0n) is 8.45. The second kappa shape index (κ2) is 6.38. The van der Waals surface area contributed by atoms with Gasteiger partial charge in [-0.25, -0.2) is 0 Å². The molecule has 72 valence electrons. The summed E-state index contributed by atoms with van der Waals surface area (Å²) in [6.07, 6.45) is 0. The van der Waals surface area contributed by atoms with Crippen LogP contribution in [0.4, 0.5) is 0 Å². The number of Topliss-reactive ketones (excluding diaryl/α,β-unsaturated/α-hetero) is 1. The monoisotopic (exact) mass is 179 g/mol. The van der Waals surface area contributed by atoms with Crippen molar-refractivity contribution in [2.75, 3.05) is 0 Å². The number of carbonyl (C=O) groups excluding carboxylic acids is 1. The van der Waals surface area contributed by atoms with Gasteiger partial charge in [0.2, 0.25) is 0 Å². The Morgan fingerprint density at radius 2 is 1.62 bits per heavy atom. The van der Waals surface area contributed by atoms with Crippen molar-refractivity contribution in [1.82, 2.24) is 0 Å². The Kier molecular flexibility index (Phi) is 5.81. The smallest absolute Gasteiger partial charge is 0.126 e. The number of hydrogen-bond acceptors (Lipinski definition) is 2. The van der Waals surface area contributed by atoms with Gasteiger partial charge in [-0.2, -0.15) is 0 Å². The molecule has 1 atom stereocenters. The van der Waals surface area contributed by atoms with E-state index in [0.717, 1.165) is 0 Å². The van der Waals surface area contributed by atoms with Gasteiger partial charge >= 0.3 is 0 Å². The Hall–Kier alpha value is -1.15. The Labute approximate surface area is 79.8 Å². The SMILES string of the molecule is CC(C)=O.CC(N)c1ccccc1. The molecule has 0 saturated heterocycles. The Bertz CT molecular complexity index is 238. The van der Waals surface area contributed by atoms with Gasteiger partial charge in [0.1, 0.15) is 5.78 Å². The number of nitrogens with two attached hydrogens (primary N) is 1. The molecule has 13 heavy (non-hydrogen) atoms. The predicted molar refractivity (Wildman–Crippen MR) is 55.4 cm³/mol. The van der Waals surface area contributed by atoms with Crippen molar-refractivity contribution in [1.29, 1.82) is 0 Å². The third-order valence-electron chi connectivity index (χ3n) is 1.33. The molecule has 0 heterocycles. The molecule has 2 N–H and O–H groups in total. The molecule has 2 nitrogen and oxygen atoms in total. The van der Waals surface area contributed by atoms with Crippen LogP contribution in [0.25, 0.3) is 0 Å². The molecule has 0 fully saturated rings. The minimum atomic E-state index is 0.159. The van der Waals surface area contributed by atoms with Crippen molar-refractivity contribution in [3.8, 4) is 0 Å². The van der Waals surface area contributed by atoms with E-state index in [1.54, 1.807) is 0 Å². The van der Waals surface area contributed by atoms with Gasteiger partial charge in [0.05, 0.1) is 0 Å². The normalized spacial score (nSPS) is 11.1. The van der Waals surface area contributed by atoms with Crippen molar-refractivity contribution in [2.24, 2.45) is 5.73 Å². The third kappa shape index (κ3) is 7.22. The maximum atomic E-state index is 9.44. The first-order valence-electron chi connectivity index (χ1n) is 4.31. The van der Waals surface area contributed by atoms with Crippen LogP contribution in [0.5, 0.6) is 0 Å². The minimum Gasteiger partial charge on any atom is -0.324 e. The van der Waals surface area contributed by atoms with Gasteiger partial charge in [-0.15, -0.1) is 0 Å². The second-order valence-corrected chi connectivity index (χ2v) is 3.11. The standard InChI is InChI=1S/C8H11N.C3H6O/c1-7(9)8-5-3-2-4-6-8;1-3(2)4/h2-7H,9H2,1H3;1-2H3. The lowest BCUT2D eigenvalue weighted by Gasteiger charge is -2.02. The maximum Gasteiger partial charge on any atom is 0.126 e. The van der Waals surface area contributed by atoms with Crippen LogP contribution in [0.1, 0.15) is 32.4 Å². The summed E-state index contributed by atoms with van der Waals surface area (Å²) in [6.45, 7) is 5.04. The first kappa shape index (κ1) is 11.8. The van der Waals surface area contributed by atoms with Crippen LogP contribution in [-0.4, -0.2) is 5.78 Å². The van der Waals surface area contributed by atoms with E-state index in [2.05, 4.69) is 0 Å². The average molecular weight is 179 g/mol. The van der Waals surface area contributed by atoms with Gasteiger partial charge in [0.25, 0.3) is 0 Å². The van der Waals surface area contributed by atoms with Crippen molar-refractivity contribution in [3.05, 3.63) is 35.9 Å². The number of ketones is 1. The van der Waals surface area contributed by atoms with E-state index in [0.29, 0.717) is 0 Å². The molecule has 0 saturated carbocycles. The number of carbonyl (C=O) groups is 1. The predicted octanol–water partition coefficient (Wildman–Crippen LogP) is 2.30. The Morgan fingerprint density at radius 3 is 1.85 bits per heavy atom. The van der Waals surface area contributed by atoms with Crippen LogP contribution in [0.2, 0.25) is 0 Å². The molecule has 0 aliphatic carbocycles. The molecular formula is C11H17NO. The van der Waals surface area contributed by atoms with E-state index in [4.69, 9.17) is 5.73 Å². The highest BCUT2D eigenvalue weighted by molar-refractivity contribution is 5.72. The molecule has 1 aromatic carbocycles. The highest BCUT2D eigenvalue weighted by Crippen LogP contribution is 2.06. The fourth-order valence-electron chi connectivity index (χ4n) is 0.757. The summed E-state index contributed by atoms with van der Waals surface area (Å²) in [7, 11) is 0. The molecule has 1 unspecified atom stereocenters. The van der Waals surface area contributed by atoms with Gasteiger partial charge in [0, 0.05) is 6.04 Å². The summed E-state index contributed by atoms with van der Waals surface area (Å²) < 4.78 is 0. The maximum absolute atomic E-state index is 9.44. The van der Waals surface area contributed by atoms with Crippen LogP contribution in [0.15, 0.2) is 30.3 Å². The second-order valence-electron chi connectivity index (χ2n) is 3.11. The molecular weight excluding hydrogens is 162 g/mol. The van der Waals surface area contributed by atoms with E-state index in [1.807, 2.05) is 37.3 Å². The molecule has 0 amide bonds. The molecule has 2 heteroatoms. The Morgan fingerprint density at radius 1 is 1.23 bits per heavy atom. The summed E-state index contributed by atoms with van der Waals surface area (Å²) in [5.41, 5.74) is 6.81. The van der Waals surface area contributed by atoms with Crippen molar-refractivity contribution >= 4 is 5.78 Å². The van der Waals surface area contributed by atoms with Gasteiger partial charge in [0.15, 0.2) is 0 Å². The fraction of sp³-hybridized carbons (Fsp3) is 0.364. The lowest BCUT2D eigenvalue weighted by Crippen LogP contribution is -2.03. The first-order valence-corrected chi connectivity index (χ1v) is 4.31. The van der Waals surface area contributed by atoms with Crippen molar-refractivity contribution in [3.63, 3.8) is 0 Å². The highest BCUT2D eigenvalue weighted by Gasteiger charge is 1.93. The van der Waals surface area contributed by atoms with E-state index in [9.17, 15) is 4.79 Å². The first-order chi connectivity index (χ1) is 6.04. The molecule has 0 aliphatic rings. The average Bonchev–Trinajstić information content (AvgIpc) is 2.05. The largest absolute Gasteiger partial charge is 0.324 e. The van der Waals surface area contributed by atoms with Gasteiger partial charge < -0.3 is 10.5 Å². The van der Waals surface area contributed by atoms with Crippen molar-refractivity contribution < 1.29 is 4.79 Å². The number of rotatable bonds is 1. The fourth-order valence-corrected chi connectivity index (χ4v) is 0.757. The number of hydrogen-bond donors (Lipinski definition) is 1. The van der Waals surface area contributed by atoms with Gasteiger partial charge in [-0.3, -0.25) is 0 Å². The molecule has 0 bridgehead atoms. The topological polar surface area (TPSA) is 43.1 Å². The molecule has 0 radical (unpaired) electrons. The van der Waals surface area contributed by atoms with E-state index >= 15 is 0 Å². The quantitative estimate of drug-likeness (QED) is 0.718. The van der Waals surface area contributed by atoms with E-state index in [-0.39, 0.29) is 11.8 Å². The molecule has 0 aromatic heterocycles. The van der Waals surface area contributed by atoms with Gasteiger partial charge in [-0.05, 0) is 26.3 Å². The summed E-state index contributed by atoms with van der Waals surface area (Å²) in [6, 6.07) is 10.2. The molecule has 0 spiro atoms. The van der Waals surface area contributed by atoms with E-state index < -0.39 is 0 Å². The number of benzene rings is 1. The highest BCUT2D eigenvalue weighted by atomic mass is 16.1. The third-order valence-corrected chi connectivity index (χ3v) is 1.33. The van der Waals surface area contributed by atoms with Gasteiger partial charge in [-0.1, -0.05) is 30.3 Å². The van der Waals surface area contributed by atoms with Crippen LogP contribution in [0.3, 0.4) is 0 Å². The van der Waals surface area contributed by atoms with Crippen molar-refractivity contribution in [2.45, 2.75) is 26.8 Å². The van der Waals surface area contributed by atoms with Crippen LogP contribution in [-0.2, 0) is 4.79 Å². The summed E-state index contributed by atoms with van der Waals surface area (Å²) in [5, 5.41) is 0. The molecule has 0 aliphatic heterocycles. The minimum absolute atomic E-state index is 0.159. The Balaban J connectivity index is 0.000000310. The zero-order chi connectivity index (χ0) is 10.3. The van der Waals surface area contributed by atoms with Crippen LogP contribution in [0, 0.1) is 0 Å². The lowest BCUT2D eigenvalue weighted by molar-refractivity contribution is -0.114. The summed E-state index contributed by atoms with van der Waals surface area (Å²) in [5.74, 6) is 0.167. The summed E-state index contributed by atoms with van der Waals surface area (Å²) in [4.78, 5) is 9.44.